The topological polar surface area (TPSA) is 58.2 Å². The molecular formula is C13H24N2O2S2. The molecule has 0 aliphatic heterocycles. The van der Waals surface area contributed by atoms with Crippen LogP contribution in [0.15, 0.2) is 15.7 Å². The minimum atomic E-state index is -3.35. The first kappa shape index (κ1) is 16.6. The fraction of sp³-hybridized carbons (Fsp3) is 0.692. The van der Waals surface area contributed by atoms with E-state index in [1.807, 2.05) is 19.2 Å². The average Bonchev–Trinajstić information content (AvgIpc) is 2.86. The Kier molecular flexibility index (Phi) is 6.99. The minimum absolute atomic E-state index is 0.0220. The second-order valence-electron chi connectivity index (χ2n) is 4.59. The molecule has 4 nitrogen and oxygen atoms in total. The molecule has 1 rings (SSSR count). The zero-order chi connectivity index (χ0) is 14.3. The molecule has 0 aliphatic rings. The Bertz CT molecular complexity index is 465. The van der Waals surface area contributed by atoms with Crippen molar-refractivity contribution in [2.75, 3.05) is 6.54 Å². The van der Waals surface area contributed by atoms with E-state index in [1.54, 1.807) is 6.07 Å². The third kappa shape index (κ3) is 5.22. The van der Waals surface area contributed by atoms with Crippen LogP contribution in [0.25, 0.3) is 0 Å². The van der Waals surface area contributed by atoms with Crippen LogP contribution in [0.5, 0.6) is 0 Å². The fourth-order valence-corrected chi connectivity index (χ4v) is 4.36. The smallest absolute Gasteiger partial charge is 0.250 e. The van der Waals surface area contributed by atoms with Crippen LogP contribution in [0, 0.1) is 0 Å². The number of hydrogen-bond acceptors (Lipinski definition) is 4. The number of hydrogen-bond donors (Lipinski definition) is 2. The van der Waals surface area contributed by atoms with Gasteiger partial charge in [-0.2, -0.15) is 0 Å². The van der Waals surface area contributed by atoms with Gasteiger partial charge in [-0.15, -0.1) is 11.3 Å². The molecule has 0 bridgehead atoms. The Morgan fingerprint density at radius 3 is 2.53 bits per heavy atom. The van der Waals surface area contributed by atoms with E-state index in [2.05, 4.69) is 17.0 Å². The van der Waals surface area contributed by atoms with Crippen molar-refractivity contribution < 1.29 is 8.42 Å². The molecule has 1 aromatic rings. The van der Waals surface area contributed by atoms with Gasteiger partial charge in [-0.25, -0.2) is 13.1 Å². The molecule has 0 radical (unpaired) electrons. The second-order valence-corrected chi connectivity index (χ2v) is 7.44. The van der Waals surface area contributed by atoms with Crippen molar-refractivity contribution in [2.24, 2.45) is 0 Å². The molecule has 0 saturated heterocycles. The molecule has 0 amide bonds. The van der Waals surface area contributed by atoms with E-state index in [1.165, 1.54) is 11.3 Å². The molecule has 0 aliphatic carbocycles. The maximum atomic E-state index is 12.2. The molecule has 6 heteroatoms. The van der Waals surface area contributed by atoms with Crippen LogP contribution in [-0.2, 0) is 16.6 Å². The van der Waals surface area contributed by atoms with Crippen LogP contribution in [0.1, 0.15) is 45.6 Å². The highest BCUT2D eigenvalue weighted by atomic mass is 32.2. The summed E-state index contributed by atoms with van der Waals surface area (Å²) in [6.07, 6.45) is 2.70. The summed E-state index contributed by atoms with van der Waals surface area (Å²) in [6, 6.07) is 1.78. The molecule has 1 aromatic heterocycles. The minimum Gasteiger partial charge on any atom is -0.313 e. The molecule has 0 fully saturated rings. The van der Waals surface area contributed by atoms with Gasteiger partial charge >= 0.3 is 0 Å². The summed E-state index contributed by atoms with van der Waals surface area (Å²) in [5, 5.41) is 5.18. The first-order chi connectivity index (χ1) is 9.03. The normalized spacial score (nSPS) is 12.2. The van der Waals surface area contributed by atoms with E-state index >= 15 is 0 Å². The van der Waals surface area contributed by atoms with Gasteiger partial charge in [0.2, 0.25) is 10.0 Å². The highest BCUT2D eigenvalue weighted by molar-refractivity contribution is 7.91. The number of sulfonamides is 1. The largest absolute Gasteiger partial charge is 0.313 e. The van der Waals surface area contributed by atoms with E-state index in [4.69, 9.17) is 0 Å². The van der Waals surface area contributed by atoms with Gasteiger partial charge in [0.05, 0.1) is 0 Å². The van der Waals surface area contributed by atoms with Crippen LogP contribution in [0.3, 0.4) is 0 Å². The molecule has 2 N–H and O–H groups in total. The van der Waals surface area contributed by atoms with Gasteiger partial charge in [0.15, 0.2) is 0 Å². The monoisotopic (exact) mass is 304 g/mol. The summed E-state index contributed by atoms with van der Waals surface area (Å²) in [4.78, 5) is 0. The van der Waals surface area contributed by atoms with Crippen molar-refractivity contribution in [1.82, 2.24) is 10.0 Å². The maximum absolute atomic E-state index is 12.2. The Hall–Kier alpha value is -0.430. The number of thiophene rings is 1. The quantitative estimate of drug-likeness (QED) is 0.690. The van der Waals surface area contributed by atoms with Crippen molar-refractivity contribution in [3.63, 3.8) is 0 Å². The molecule has 0 unspecified atom stereocenters. The zero-order valence-corrected chi connectivity index (χ0v) is 13.5. The van der Waals surface area contributed by atoms with E-state index in [9.17, 15) is 8.42 Å². The molecule has 110 valence electrons. The van der Waals surface area contributed by atoms with Crippen LogP contribution < -0.4 is 10.0 Å². The summed E-state index contributed by atoms with van der Waals surface area (Å²) in [5.74, 6) is 0. The Balaban J connectivity index is 2.68. The van der Waals surface area contributed by atoms with Crippen LogP contribution in [-0.4, -0.2) is 21.0 Å². The van der Waals surface area contributed by atoms with Gasteiger partial charge in [0.1, 0.15) is 4.21 Å². The summed E-state index contributed by atoms with van der Waals surface area (Å²) < 4.78 is 27.5. The third-order valence-corrected chi connectivity index (χ3v) is 5.97. The fourth-order valence-electron chi connectivity index (χ4n) is 1.73. The third-order valence-electron chi connectivity index (χ3n) is 2.96. The summed E-state index contributed by atoms with van der Waals surface area (Å²) in [7, 11) is -3.35. The molecule has 0 aromatic carbocycles. The van der Waals surface area contributed by atoms with Crippen molar-refractivity contribution in [1.29, 1.82) is 0 Å². The van der Waals surface area contributed by atoms with Crippen molar-refractivity contribution in [2.45, 2.75) is 56.8 Å². The first-order valence-electron chi connectivity index (χ1n) is 6.83. The van der Waals surface area contributed by atoms with Crippen LogP contribution in [0.4, 0.5) is 0 Å². The summed E-state index contributed by atoms with van der Waals surface area (Å²) in [6.45, 7) is 7.77. The predicted molar refractivity (Wildman–Crippen MR) is 81.0 cm³/mol. The van der Waals surface area contributed by atoms with Crippen LogP contribution in [0.2, 0.25) is 0 Å². The van der Waals surface area contributed by atoms with Crippen molar-refractivity contribution in [3.8, 4) is 0 Å². The standard InChI is InChI=1S/C13H24N2O2S2/c1-4-7-14-9-11-8-13(18-10-11)19(16,17)15-12(5-2)6-3/h8,10,12,14-15H,4-7,9H2,1-3H3. The highest BCUT2D eigenvalue weighted by Gasteiger charge is 2.19. The van der Waals surface area contributed by atoms with E-state index in [0.29, 0.717) is 4.21 Å². The first-order valence-corrected chi connectivity index (χ1v) is 9.20. The van der Waals surface area contributed by atoms with Crippen molar-refractivity contribution >= 4 is 21.4 Å². The molecule has 19 heavy (non-hydrogen) atoms. The molecular weight excluding hydrogens is 280 g/mol. The van der Waals surface area contributed by atoms with E-state index in [-0.39, 0.29) is 6.04 Å². The van der Waals surface area contributed by atoms with Gasteiger partial charge in [-0.1, -0.05) is 20.8 Å². The maximum Gasteiger partial charge on any atom is 0.250 e. The summed E-state index contributed by atoms with van der Waals surface area (Å²) >= 11 is 1.29. The number of nitrogens with one attached hydrogen (secondary N) is 2. The highest BCUT2D eigenvalue weighted by Crippen LogP contribution is 2.21. The number of rotatable bonds is 9. The lowest BCUT2D eigenvalue weighted by Gasteiger charge is -2.13. The second kappa shape index (κ2) is 7.99. The lowest BCUT2D eigenvalue weighted by Crippen LogP contribution is -2.33. The van der Waals surface area contributed by atoms with E-state index in [0.717, 1.165) is 37.9 Å². The van der Waals surface area contributed by atoms with E-state index < -0.39 is 10.0 Å². The summed E-state index contributed by atoms with van der Waals surface area (Å²) in [5.41, 5.74) is 1.03. The zero-order valence-electron chi connectivity index (χ0n) is 11.9. The van der Waals surface area contributed by atoms with Gasteiger partial charge in [0, 0.05) is 12.6 Å². The van der Waals surface area contributed by atoms with Gasteiger partial charge < -0.3 is 5.32 Å². The Morgan fingerprint density at radius 2 is 1.95 bits per heavy atom. The Morgan fingerprint density at radius 1 is 1.26 bits per heavy atom. The molecule has 0 spiro atoms. The lowest BCUT2D eigenvalue weighted by atomic mass is 10.2. The predicted octanol–water partition coefficient (Wildman–Crippen LogP) is 2.71. The van der Waals surface area contributed by atoms with Crippen molar-refractivity contribution in [3.05, 3.63) is 17.0 Å². The van der Waals surface area contributed by atoms with Gasteiger partial charge in [-0.05, 0) is 42.8 Å². The SMILES string of the molecule is CCCNCc1csc(S(=O)(=O)NC(CC)CC)c1. The Labute approximate surface area is 120 Å². The lowest BCUT2D eigenvalue weighted by molar-refractivity contribution is 0.531. The van der Waals surface area contributed by atoms with Gasteiger partial charge in [0.25, 0.3) is 0 Å². The molecule has 0 atom stereocenters. The van der Waals surface area contributed by atoms with Crippen LogP contribution >= 0.6 is 11.3 Å². The average molecular weight is 304 g/mol. The van der Waals surface area contributed by atoms with Gasteiger partial charge in [-0.3, -0.25) is 0 Å². The molecule has 0 saturated carbocycles. The molecule has 1 heterocycles.